The maximum Gasteiger partial charge on any atom is 0.173 e. The normalized spacial score (nSPS) is 19.3. The molecule has 5 heteroatoms. The molecule has 0 aliphatic carbocycles. The summed E-state index contributed by atoms with van der Waals surface area (Å²) < 4.78 is 37.4. The van der Waals surface area contributed by atoms with E-state index in [1.54, 1.807) is 24.3 Å². The molecular formula is C18H18FNO2S. The molecular weight excluding hydrogens is 313 g/mol. The molecule has 1 atom stereocenters. The van der Waals surface area contributed by atoms with Crippen molar-refractivity contribution >= 4 is 9.84 Å². The summed E-state index contributed by atoms with van der Waals surface area (Å²) in [5, 5.41) is 1.26. The number of hydrogen-bond acceptors (Lipinski definition) is 3. The predicted molar refractivity (Wildman–Crippen MR) is 88.8 cm³/mol. The van der Waals surface area contributed by atoms with Crippen molar-refractivity contribution in [2.45, 2.75) is 19.1 Å². The summed E-state index contributed by atoms with van der Waals surface area (Å²) in [4.78, 5) is 1.99. The molecule has 0 N–H and O–H groups in total. The van der Waals surface area contributed by atoms with Crippen LogP contribution in [0.2, 0.25) is 0 Å². The van der Waals surface area contributed by atoms with Gasteiger partial charge in [-0.2, -0.15) is 0 Å². The summed E-state index contributed by atoms with van der Waals surface area (Å²) in [6.45, 7) is 0.936. The topological polar surface area (TPSA) is 37.4 Å². The Morgan fingerprint density at radius 3 is 2.35 bits per heavy atom. The van der Waals surface area contributed by atoms with Gasteiger partial charge in [-0.05, 0) is 11.6 Å². The molecule has 2 aromatic carbocycles. The lowest BCUT2D eigenvalue weighted by Crippen LogP contribution is -2.35. The first-order valence-corrected chi connectivity index (χ1v) is 9.17. The van der Waals surface area contributed by atoms with Crippen molar-refractivity contribution < 1.29 is 12.8 Å². The second kappa shape index (κ2) is 6.64. The average Bonchev–Trinajstić information content (AvgIpc) is 2.90. The second-order valence-corrected chi connectivity index (χ2v) is 7.64. The Balaban J connectivity index is 1.85. The van der Waals surface area contributed by atoms with Crippen LogP contribution >= 0.6 is 0 Å². The summed E-state index contributed by atoms with van der Waals surface area (Å²) in [7, 11) is -3.15. The van der Waals surface area contributed by atoms with Crippen LogP contribution < -0.4 is 0 Å². The van der Waals surface area contributed by atoms with Gasteiger partial charge in [0.15, 0.2) is 9.84 Å². The zero-order valence-electron chi connectivity index (χ0n) is 12.6. The molecule has 0 bridgehead atoms. The molecule has 0 unspecified atom stereocenters. The fraction of sp³-hybridized carbons (Fsp3) is 0.222. The van der Waals surface area contributed by atoms with Gasteiger partial charge in [-0.15, -0.1) is 0 Å². The standard InChI is InChI=1S/C18H18FNO2S/c19-18-9-5-4-8-16(18)13-20(12-15-6-2-1-3-7-15)17-10-11-23(21,22)14-17/h1-11,17H,12-14H2/t17-/m0/s1. The molecule has 2 aromatic rings. The van der Waals surface area contributed by atoms with Gasteiger partial charge in [0, 0.05) is 30.1 Å². The summed E-state index contributed by atoms with van der Waals surface area (Å²) in [6.07, 6.45) is 1.69. The Labute approximate surface area is 136 Å². The maximum absolute atomic E-state index is 14.0. The van der Waals surface area contributed by atoms with Crippen molar-refractivity contribution in [3.05, 3.63) is 83.0 Å². The summed E-state index contributed by atoms with van der Waals surface area (Å²) >= 11 is 0. The third-order valence-corrected chi connectivity index (χ3v) is 5.32. The van der Waals surface area contributed by atoms with Gasteiger partial charge in [-0.25, -0.2) is 12.8 Å². The van der Waals surface area contributed by atoms with Crippen molar-refractivity contribution in [3.63, 3.8) is 0 Å². The molecule has 0 saturated heterocycles. The average molecular weight is 331 g/mol. The Morgan fingerprint density at radius 2 is 1.70 bits per heavy atom. The number of halogens is 1. The summed E-state index contributed by atoms with van der Waals surface area (Å²) in [6, 6.07) is 16.2. The monoisotopic (exact) mass is 331 g/mol. The number of hydrogen-bond donors (Lipinski definition) is 0. The van der Waals surface area contributed by atoms with E-state index in [2.05, 4.69) is 0 Å². The maximum atomic E-state index is 14.0. The lowest BCUT2D eigenvalue weighted by molar-refractivity contribution is 0.223. The fourth-order valence-electron chi connectivity index (χ4n) is 2.74. The first-order chi connectivity index (χ1) is 11.0. The molecule has 3 rings (SSSR count). The van der Waals surface area contributed by atoms with Gasteiger partial charge in [0.05, 0.1) is 5.75 Å². The lowest BCUT2D eigenvalue weighted by Gasteiger charge is -2.27. The minimum absolute atomic E-state index is 0.0499. The first kappa shape index (κ1) is 15.9. The molecule has 0 spiro atoms. The third-order valence-electron chi connectivity index (χ3n) is 3.94. The Kier molecular flexibility index (Phi) is 4.59. The fourth-order valence-corrected chi connectivity index (χ4v) is 4.07. The van der Waals surface area contributed by atoms with E-state index in [1.807, 2.05) is 35.2 Å². The molecule has 1 aliphatic rings. The van der Waals surface area contributed by atoms with Gasteiger partial charge in [0.2, 0.25) is 0 Å². The minimum Gasteiger partial charge on any atom is -0.287 e. The van der Waals surface area contributed by atoms with Crippen LogP contribution in [0.4, 0.5) is 4.39 Å². The van der Waals surface area contributed by atoms with E-state index in [9.17, 15) is 12.8 Å². The van der Waals surface area contributed by atoms with Crippen molar-refractivity contribution in [2.75, 3.05) is 5.75 Å². The van der Waals surface area contributed by atoms with E-state index in [0.717, 1.165) is 5.56 Å². The number of benzene rings is 2. The molecule has 0 amide bonds. The van der Waals surface area contributed by atoms with Crippen LogP contribution in [0, 0.1) is 5.82 Å². The minimum atomic E-state index is -3.15. The lowest BCUT2D eigenvalue weighted by atomic mass is 10.1. The second-order valence-electron chi connectivity index (χ2n) is 5.71. The highest BCUT2D eigenvalue weighted by Crippen LogP contribution is 2.21. The molecule has 1 heterocycles. The third kappa shape index (κ3) is 4.06. The zero-order valence-corrected chi connectivity index (χ0v) is 13.4. The van der Waals surface area contributed by atoms with Crippen LogP contribution in [-0.2, 0) is 22.9 Å². The number of sulfone groups is 1. The van der Waals surface area contributed by atoms with Crippen LogP contribution in [0.25, 0.3) is 0 Å². The van der Waals surface area contributed by atoms with Gasteiger partial charge in [0.25, 0.3) is 0 Å². The van der Waals surface area contributed by atoms with E-state index < -0.39 is 9.84 Å². The molecule has 120 valence electrons. The summed E-state index contributed by atoms with van der Waals surface area (Å²) in [5.74, 6) is -0.218. The van der Waals surface area contributed by atoms with E-state index in [1.165, 1.54) is 11.5 Å². The van der Waals surface area contributed by atoms with Gasteiger partial charge < -0.3 is 0 Å². The van der Waals surface area contributed by atoms with Crippen LogP contribution in [0.5, 0.6) is 0 Å². The smallest absolute Gasteiger partial charge is 0.173 e. The Morgan fingerprint density at radius 1 is 1.00 bits per heavy atom. The van der Waals surface area contributed by atoms with E-state index in [4.69, 9.17) is 0 Å². The van der Waals surface area contributed by atoms with Gasteiger partial charge in [-0.3, -0.25) is 4.90 Å². The molecule has 0 aromatic heterocycles. The van der Waals surface area contributed by atoms with Gasteiger partial charge in [0.1, 0.15) is 5.82 Å². The quantitative estimate of drug-likeness (QED) is 0.845. The molecule has 3 nitrogen and oxygen atoms in total. The predicted octanol–water partition coefficient (Wildman–Crippen LogP) is 3.14. The number of rotatable bonds is 5. The van der Waals surface area contributed by atoms with Crippen LogP contribution in [-0.4, -0.2) is 25.1 Å². The van der Waals surface area contributed by atoms with Crippen molar-refractivity contribution in [3.8, 4) is 0 Å². The molecule has 0 radical (unpaired) electrons. The molecule has 0 saturated carbocycles. The van der Waals surface area contributed by atoms with Crippen molar-refractivity contribution in [1.82, 2.24) is 4.90 Å². The highest BCUT2D eigenvalue weighted by Gasteiger charge is 2.27. The molecule has 0 fully saturated rings. The molecule has 1 aliphatic heterocycles. The Hall–Kier alpha value is -1.98. The Bertz CT molecular complexity index is 803. The van der Waals surface area contributed by atoms with Crippen molar-refractivity contribution in [2.24, 2.45) is 0 Å². The first-order valence-electron chi connectivity index (χ1n) is 7.46. The van der Waals surface area contributed by atoms with Crippen molar-refractivity contribution in [1.29, 1.82) is 0 Å². The molecule has 23 heavy (non-hydrogen) atoms. The van der Waals surface area contributed by atoms with Crippen LogP contribution in [0.15, 0.2) is 66.1 Å². The summed E-state index contributed by atoms with van der Waals surface area (Å²) in [5.41, 5.74) is 1.64. The number of nitrogens with zero attached hydrogens (tertiary/aromatic N) is 1. The zero-order chi connectivity index (χ0) is 16.3. The van der Waals surface area contributed by atoms with Gasteiger partial charge >= 0.3 is 0 Å². The largest absolute Gasteiger partial charge is 0.287 e. The van der Waals surface area contributed by atoms with E-state index in [0.29, 0.717) is 18.7 Å². The highest BCUT2D eigenvalue weighted by atomic mass is 32.2. The van der Waals surface area contributed by atoms with E-state index >= 15 is 0 Å². The van der Waals surface area contributed by atoms with Gasteiger partial charge in [-0.1, -0.05) is 54.6 Å². The highest BCUT2D eigenvalue weighted by molar-refractivity contribution is 7.94. The van der Waals surface area contributed by atoms with Crippen LogP contribution in [0.1, 0.15) is 11.1 Å². The SMILES string of the molecule is O=S1(=O)C=C[C@H](N(Cc2ccccc2)Cc2ccccc2F)C1. The van der Waals surface area contributed by atoms with E-state index in [-0.39, 0.29) is 17.6 Å². The van der Waals surface area contributed by atoms with Crippen LogP contribution in [0.3, 0.4) is 0 Å².